The minimum absolute atomic E-state index is 0. The topological polar surface area (TPSA) is 238 Å². The molecule has 18 nitrogen and oxygen atoms in total. The molecule has 0 saturated heterocycles. The van der Waals surface area contributed by atoms with Gasteiger partial charge in [0.2, 0.25) is 12.6 Å². The average Bonchev–Trinajstić information content (AvgIpc) is 3.37. The van der Waals surface area contributed by atoms with E-state index in [1.807, 2.05) is 31.2 Å². The number of likely N-dealkylation sites (N-methyl/N-ethyl adjacent to an activating group) is 1. The SMILES string of the molecule is CC(N)COC(=O)OC(C)OC(=O)C(C)(C)Oc1ccc(CCNC(=O)c2ccc(Cl)cc2)cc1.CNC(C)COC(=O)OC(C)OC(=O)C(C)(C)Oc1ccc(CCNC(=O)c2ccc(Cl)cc2)cc1.Cl.[2H]CC.[3H]C. The highest BCUT2D eigenvalue weighted by Gasteiger charge is 2.35. The predicted octanol–water partition coefficient (Wildman–Crippen LogP) is 10.1. The third-order valence-electron chi connectivity index (χ3n) is 9.67. The highest BCUT2D eigenvalue weighted by molar-refractivity contribution is 6.31. The van der Waals surface area contributed by atoms with Crippen LogP contribution in [0.3, 0.4) is 0 Å². The molecule has 0 bridgehead atoms. The highest BCUT2D eigenvalue weighted by atomic mass is 35.5. The molecule has 75 heavy (non-hydrogen) atoms. The van der Waals surface area contributed by atoms with Crippen molar-refractivity contribution in [1.82, 2.24) is 16.0 Å². The van der Waals surface area contributed by atoms with Crippen molar-refractivity contribution in [1.29, 1.82) is 0 Å². The Morgan fingerprint density at radius 1 is 0.613 bits per heavy atom. The smallest absolute Gasteiger partial charge is 0.476 e. The largest absolute Gasteiger partial charge is 0.511 e. The van der Waals surface area contributed by atoms with Crippen LogP contribution in [-0.2, 0) is 50.9 Å². The molecule has 21 heteroatoms. The zero-order valence-electron chi connectivity index (χ0n) is 46.5. The first kappa shape index (κ1) is 64.8. The lowest BCUT2D eigenvalue weighted by atomic mass is 10.1. The lowest BCUT2D eigenvalue weighted by Gasteiger charge is -2.26. The zero-order chi connectivity index (χ0) is 57.4. The van der Waals surface area contributed by atoms with Crippen LogP contribution >= 0.6 is 35.6 Å². The summed E-state index contributed by atoms with van der Waals surface area (Å²) in [6.45, 7) is 15.8. The van der Waals surface area contributed by atoms with E-state index < -0.39 is 48.0 Å². The summed E-state index contributed by atoms with van der Waals surface area (Å²) in [4.78, 5) is 72.6. The van der Waals surface area contributed by atoms with Crippen LogP contribution in [0, 0.1) is 0 Å². The summed E-state index contributed by atoms with van der Waals surface area (Å²) in [5, 5.41) is 9.78. The molecule has 0 heterocycles. The maximum absolute atomic E-state index is 12.5. The zero-order valence-corrected chi connectivity index (χ0v) is 46.8. The minimum Gasteiger partial charge on any atom is -0.476 e. The number of nitrogens with two attached hydrogens (primary N) is 1. The van der Waals surface area contributed by atoms with Crippen molar-refractivity contribution in [2.75, 3.05) is 33.4 Å². The number of rotatable bonds is 23. The van der Waals surface area contributed by atoms with E-state index in [0.717, 1.165) is 11.1 Å². The standard InChI is InChI=1S/C26H33ClN2O7.C25H31ClN2O7.C2H6.CH4.ClH/c1-17(28-5)16-33-25(32)35-18(2)34-24(31)26(3,4)36-22-12-6-19(7-13-22)14-15-29-23(30)20-8-10-21(27)11-9-20;1-16(27)15-32-24(31)34-17(2)33-23(30)25(3,4)35-21-11-5-18(6-12-21)13-14-28-22(29)19-7-9-20(26)10-8-19;1-2;;/h6-13,17-18,28H,14-16H2,1-5H3,(H,29,30);5-12,16-17H,13-15,27H2,1-4H3,(H,28,29);1-2H3;1H4;1H/i;;1D;1T;. The first-order valence-corrected chi connectivity index (χ1v) is 24.1. The summed E-state index contributed by atoms with van der Waals surface area (Å²) in [5.41, 5.74) is 5.84. The Kier molecular flexibility index (Phi) is 30.3. The number of carbonyl (C=O) groups is 6. The Morgan fingerprint density at radius 2 is 0.947 bits per heavy atom. The fraction of sp³-hybridized carbons (Fsp3) is 0.444. The number of halogens is 3. The van der Waals surface area contributed by atoms with Crippen LogP contribution in [-0.4, -0.2) is 105 Å². The second-order valence-corrected chi connectivity index (χ2v) is 17.9. The van der Waals surface area contributed by atoms with Crippen LogP contribution in [0.4, 0.5) is 9.59 Å². The summed E-state index contributed by atoms with van der Waals surface area (Å²) < 4.78 is 53.4. The van der Waals surface area contributed by atoms with Gasteiger partial charge in [0.25, 0.3) is 11.8 Å². The molecule has 0 aliphatic heterocycles. The molecule has 0 aromatic heterocycles. The fourth-order valence-corrected chi connectivity index (χ4v) is 5.87. The maximum Gasteiger partial charge on any atom is 0.511 e. The molecule has 0 radical (unpaired) electrons. The molecule has 2 amide bonds. The van der Waals surface area contributed by atoms with Crippen LogP contribution in [0.25, 0.3) is 0 Å². The van der Waals surface area contributed by atoms with E-state index in [2.05, 4.69) is 16.0 Å². The molecular formula is C54H75Cl3N4O14. The van der Waals surface area contributed by atoms with Gasteiger partial charge in [0, 0.05) is 62.9 Å². The second kappa shape index (κ2) is 35.0. The summed E-state index contributed by atoms with van der Waals surface area (Å²) >= 11 is 11.7. The molecular weight excluding hydrogens is 1030 g/mol. The predicted molar refractivity (Wildman–Crippen MR) is 291 cm³/mol. The summed E-state index contributed by atoms with van der Waals surface area (Å²) in [5.74, 6) is -0.877. The van der Waals surface area contributed by atoms with Crippen molar-refractivity contribution < 1.29 is 69.4 Å². The van der Waals surface area contributed by atoms with Crippen LogP contribution in [0.1, 0.15) is 111 Å². The number of benzene rings is 4. The molecule has 0 aliphatic carbocycles. The Balaban J connectivity index is 0.00000137. The minimum atomic E-state index is -1.35. The van der Waals surface area contributed by atoms with Crippen LogP contribution in [0.2, 0.25) is 10.0 Å². The van der Waals surface area contributed by atoms with Crippen molar-refractivity contribution in [3.05, 3.63) is 129 Å². The van der Waals surface area contributed by atoms with Gasteiger partial charge < -0.3 is 59.6 Å². The Labute approximate surface area is 460 Å². The molecule has 5 N–H and O–H groups in total. The van der Waals surface area contributed by atoms with Gasteiger partial charge in [0.1, 0.15) is 24.7 Å². The first-order valence-electron chi connectivity index (χ1n) is 25.0. The lowest BCUT2D eigenvalue weighted by Crippen LogP contribution is -2.42. The van der Waals surface area contributed by atoms with E-state index in [0.29, 0.717) is 65.5 Å². The number of hydrogen-bond acceptors (Lipinski definition) is 16. The summed E-state index contributed by atoms with van der Waals surface area (Å²) in [6.07, 6.45) is -3.01. The Hall–Kier alpha value is -6.31. The van der Waals surface area contributed by atoms with Gasteiger partial charge in [-0.15, -0.1) is 12.4 Å². The van der Waals surface area contributed by atoms with Crippen LogP contribution < -0.4 is 31.2 Å². The number of amides is 2. The number of carbonyl (C=O) groups excluding carboxylic acids is 6. The molecule has 0 spiro atoms. The van der Waals surface area contributed by atoms with E-state index in [1.54, 1.807) is 108 Å². The van der Waals surface area contributed by atoms with Crippen LogP contribution in [0.5, 0.6) is 11.5 Å². The number of hydrogen-bond donors (Lipinski definition) is 4. The molecule has 0 saturated carbocycles. The molecule has 0 fully saturated rings. The molecule has 0 aliphatic rings. The van der Waals surface area contributed by atoms with Crippen molar-refractivity contribution >= 4 is 71.7 Å². The van der Waals surface area contributed by atoms with Crippen molar-refractivity contribution in [3.8, 4) is 11.5 Å². The third kappa shape index (κ3) is 27.2. The van der Waals surface area contributed by atoms with Gasteiger partial charge in [0.15, 0.2) is 11.2 Å². The molecule has 4 unspecified atom stereocenters. The Morgan fingerprint density at radius 3 is 1.27 bits per heavy atom. The van der Waals surface area contributed by atoms with Crippen molar-refractivity contribution in [3.63, 3.8) is 0 Å². The lowest BCUT2D eigenvalue weighted by molar-refractivity contribution is -0.184. The second-order valence-electron chi connectivity index (χ2n) is 17.0. The average molecular weight is 1110 g/mol. The van der Waals surface area contributed by atoms with Gasteiger partial charge >= 0.3 is 24.2 Å². The maximum atomic E-state index is 12.5. The van der Waals surface area contributed by atoms with Gasteiger partial charge in [-0.1, -0.05) is 68.7 Å². The molecule has 416 valence electrons. The summed E-state index contributed by atoms with van der Waals surface area (Å²) in [6, 6.07) is 27.2. The summed E-state index contributed by atoms with van der Waals surface area (Å²) in [7, 11) is 2.99. The van der Waals surface area contributed by atoms with Gasteiger partial charge in [0.05, 0.1) is 0 Å². The van der Waals surface area contributed by atoms with E-state index in [4.69, 9.17) is 69.6 Å². The van der Waals surface area contributed by atoms with Gasteiger partial charge in [-0.05, 0) is 145 Å². The fourth-order valence-electron chi connectivity index (χ4n) is 5.62. The third-order valence-corrected chi connectivity index (χ3v) is 10.2. The molecule has 4 atom stereocenters. The molecule has 4 aromatic carbocycles. The highest BCUT2D eigenvalue weighted by Crippen LogP contribution is 2.23. The molecule has 4 rings (SSSR count). The first-order chi connectivity index (χ1) is 35.9. The van der Waals surface area contributed by atoms with Crippen LogP contribution in [0.15, 0.2) is 97.1 Å². The van der Waals surface area contributed by atoms with Gasteiger partial charge in [-0.3, -0.25) is 9.59 Å². The number of ether oxygens (including phenoxy) is 8. The van der Waals surface area contributed by atoms with Crippen molar-refractivity contribution in [2.24, 2.45) is 5.73 Å². The normalized spacial score (nSPS) is 12.4. The number of nitrogens with one attached hydrogen (secondary N) is 3. The molecule has 4 aromatic rings. The van der Waals surface area contributed by atoms with Crippen molar-refractivity contribution in [2.45, 2.75) is 125 Å². The van der Waals surface area contributed by atoms with E-state index in [1.165, 1.54) is 35.1 Å². The van der Waals surface area contributed by atoms with E-state index in [-0.39, 0.29) is 49.5 Å². The quantitative estimate of drug-likeness (QED) is 0.0307. The monoisotopic (exact) mass is 1110 g/mol. The van der Waals surface area contributed by atoms with Gasteiger partial charge in [-0.2, -0.15) is 0 Å². The number of esters is 2. The van der Waals surface area contributed by atoms with E-state index in [9.17, 15) is 28.8 Å². The Bertz CT molecular complexity index is 2370. The van der Waals surface area contributed by atoms with E-state index >= 15 is 0 Å². The van der Waals surface area contributed by atoms with Gasteiger partial charge in [-0.25, -0.2) is 19.2 Å².